The highest BCUT2D eigenvalue weighted by Gasteiger charge is 2.20. The van der Waals surface area contributed by atoms with Crippen molar-refractivity contribution in [3.05, 3.63) is 201 Å². The second kappa shape index (κ2) is 14.5. The van der Waals surface area contributed by atoms with Gasteiger partial charge in [0.05, 0.1) is 44.1 Å². The largest absolute Gasteiger partial charge is 0.457 e. The maximum Gasteiger partial charge on any atom is 0.235 e. The van der Waals surface area contributed by atoms with Crippen LogP contribution in [0, 0.1) is 0 Å². The smallest absolute Gasteiger partial charge is 0.235 e. The molecule has 8 aromatic carbocycles. The van der Waals surface area contributed by atoms with Gasteiger partial charge in [-0.2, -0.15) is 0 Å². The molecule has 6 aromatic heterocycles. The summed E-state index contributed by atoms with van der Waals surface area (Å²) in [6.07, 6.45) is 7.26. The van der Waals surface area contributed by atoms with Gasteiger partial charge in [-0.25, -0.2) is 29.9 Å². The van der Waals surface area contributed by atoms with E-state index in [2.05, 4.69) is 86.5 Å². The summed E-state index contributed by atoms with van der Waals surface area (Å²) in [5, 5.41) is 8.39. The molecule has 0 bridgehead atoms. The number of hydrogen-bond donors (Lipinski definition) is 0. The molecule has 0 aliphatic carbocycles. The van der Waals surface area contributed by atoms with E-state index in [-0.39, 0.29) is 0 Å². The number of nitrogens with zero attached hydrogens (tertiary/aromatic N) is 9. The predicted octanol–water partition coefficient (Wildman–Crippen LogP) is 13.2. The lowest BCUT2D eigenvalue weighted by atomic mass is 10.1. The van der Waals surface area contributed by atoms with Gasteiger partial charge in [-0.3, -0.25) is 13.7 Å². The normalized spacial score (nSPS) is 11.9. The Morgan fingerprint density at radius 1 is 0.299 bits per heavy atom. The minimum absolute atomic E-state index is 0.527. The summed E-state index contributed by atoms with van der Waals surface area (Å²) < 4.78 is 19.7. The van der Waals surface area contributed by atoms with Gasteiger partial charge < -0.3 is 9.47 Å². The van der Waals surface area contributed by atoms with Gasteiger partial charge in [0.2, 0.25) is 17.8 Å². The average Bonchev–Trinajstić information content (AvgIpc) is 4.01. The van der Waals surface area contributed by atoms with Crippen molar-refractivity contribution in [2.75, 3.05) is 0 Å². The average molecular weight is 864 g/mol. The Balaban J connectivity index is 0.859. The molecule has 0 aliphatic rings. The summed E-state index contributed by atoms with van der Waals surface area (Å²) >= 11 is 0. The summed E-state index contributed by atoms with van der Waals surface area (Å²) in [7, 11) is 0. The zero-order chi connectivity index (χ0) is 44.0. The van der Waals surface area contributed by atoms with Crippen LogP contribution in [0.1, 0.15) is 0 Å². The van der Waals surface area contributed by atoms with Crippen LogP contribution < -0.4 is 9.47 Å². The van der Waals surface area contributed by atoms with E-state index in [0.29, 0.717) is 40.8 Å². The summed E-state index contributed by atoms with van der Waals surface area (Å²) in [6.45, 7) is 0. The van der Waals surface area contributed by atoms with Crippen LogP contribution in [-0.4, -0.2) is 43.6 Å². The first-order valence-electron chi connectivity index (χ1n) is 21.9. The van der Waals surface area contributed by atoms with Crippen molar-refractivity contribution in [2.24, 2.45) is 0 Å². The van der Waals surface area contributed by atoms with E-state index in [1.165, 1.54) is 0 Å². The maximum atomic E-state index is 6.72. The SMILES string of the molecule is c1cnc(-n2c3cc(Oc4ccc5c6ccccc6n(-c6ncc7ccccc7n6)c5c4)ccc3c3ccc(Oc4ccc5c6ccccc6n(-c6ncc7ccccc7n6)c5c4)cc32)nc1. The van der Waals surface area contributed by atoms with Crippen LogP contribution in [0.5, 0.6) is 23.0 Å². The summed E-state index contributed by atoms with van der Waals surface area (Å²) in [5.74, 6) is 4.39. The number of ether oxygens (including phenoxy) is 2. The van der Waals surface area contributed by atoms with Crippen LogP contribution >= 0.6 is 0 Å². The minimum Gasteiger partial charge on any atom is -0.457 e. The van der Waals surface area contributed by atoms with E-state index in [1.807, 2.05) is 116 Å². The first kappa shape index (κ1) is 36.9. The molecule has 0 spiro atoms. The molecule has 0 saturated carbocycles. The number of rotatable bonds is 7. The third-order valence-corrected chi connectivity index (χ3v) is 12.6. The topological polar surface area (TPSA) is 111 Å². The van der Waals surface area contributed by atoms with Gasteiger partial charge in [0, 0.05) is 92.1 Å². The summed E-state index contributed by atoms with van der Waals surface area (Å²) in [5.41, 5.74) is 7.44. The molecule has 14 rings (SSSR count). The Kier molecular flexibility index (Phi) is 8.01. The molecule has 11 heteroatoms. The highest BCUT2D eigenvalue weighted by atomic mass is 16.5. The molecule has 314 valence electrons. The van der Waals surface area contributed by atoms with Crippen molar-refractivity contribution >= 4 is 87.2 Å². The van der Waals surface area contributed by atoms with Crippen molar-refractivity contribution in [1.29, 1.82) is 0 Å². The first-order chi connectivity index (χ1) is 33.2. The Morgan fingerprint density at radius 3 is 1.09 bits per heavy atom. The molecule has 0 amide bonds. The van der Waals surface area contributed by atoms with Gasteiger partial charge in [0.25, 0.3) is 0 Å². The highest BCUT2D eigenvalue weighted by molar-refractivity contribution is 6.12. The monoisotopic (exact) mass is 863 g/mol. The molecule has 0 saturated heterocycles. The zero-order valence-corrected chi connectivity index (χ0v) is 35.4. The fourth-order valence-electron chi connectivity index (χ4n) is 9.60. The number of fused-ring (bicyclic) bond motifs is 11. The van der Waals surface area contributed by atoms with Crippen LogP contribution in [0.2, 0.25) is 0 Å². The van der Waals surface area contributed by atoms with Crippen molar-refractivity contribution in [3.63, 3.8) is 0 Å². The lowest BCUT2D eigenvalue weighted by Gasteiger charge is -2.10. The van der Waals surface area contributed by atoms with E-state index in [0.717, 1.165) is 87.2 Å². The Hall–Kier alpha value is -9.48. The number of para-hydroxylation sites is 4. The molecule has 0 N–H and O–H groups in total. The standard InChI is InChI=1S/C56H33N9O2/c1-5-14-46-34(10-1)32-59-55(61-46)63-48-16-7-3-12-40(48)42-22-18-36(28-50(42)63)66-38-20-24-44-45-25-21-39(31-53(45)65(52(44)30-38)54-57-26-9-27-58-54)67-37-19-23-43-41-13-4-8-17-49(41)64(51(43)29-37)56-60-33-35-11-2-6-15-47(35)62-56/h1-33H. The van der Waals surface area contributed by atoms with Crippen LogP contribution in [-0.2, 0) is 0 Å². The van der Waals surface area contributed by atoms with E-state index < -0.39 is 0 Å². The predicted molar refractivity (Wildman–Crippen MR) is 264 cm³/mol. The third kappa shape index (κ3) is 5.92. The molecule has 11 nitrogen and oxygen atoms in total. The molecule has 0 radical (unpaired) electrons. The molecular weight excluding hydrogens is 831 g/mol. The fourth-order valence-corrected chi connectivity index (χ4v) is 9.60. The van der Waals surface area contributed by atoms with Crippen molar-refractivity contribution in [3.8, 4) is 40.8 Å². The number of hydrogen-bond acceptors (Lipinski definition) is 8. The molecule has 0 fully saturated rings. The van der Waals surface area contributed by atoms with Crippen LogP contribution in [0.3, 0.4) is 0 Å². The van der Waals surface area contributed by atoms with Gasteiger partial charge in [-0.15, -0.1) is 0 Å². The quantitative estimate of drug-likeness (QED) is 0.156. The van der Waals surface area contributed by atoms with Crippen LogP contribution in [0.4, 0.5) is 0 Å². The second-order valence-electron chi connectivity index (χ2n) is 16.5. The third-order valence-electron chi connectivity index (χ3n) is 12.6. The van der Waals surface area contributed by atoms with E-state index in [9.17, 15) is 0 Å². The molecule has 14 aromatic rings. The van der Waals surface area contributed by atoms with E-state index in [4.69, 9.17) is 39.4 Å². The van der Waals surface area contributed by atoms with Crippen molar-refractivity contribution < 1.29 is 9.47 Å². The summed E-state index contributed by atoms with van der Waals surface area (Å²) in [6, 6.07) is 59.1. The second-order valence-corrected chi connectivity index (χ2v) is 16.5. The van der Waals surface area contributed by atoms with Crippen LogP contribution in [0.25, 0.3) is 105 Å². The zero-order valence-electron chi connectivity index (χ0n) is 35.4. The lowest BCUT2D eigenvalue weighted by Crippen LogP contribution is -2.01. The van der Waals surface area contributed by atoms with E-state index in [1.54, 1.807) is 12.4 Å². The molecule has 0 aliphatic heterocycles. The molecular formula is C56H33N9O2. The van der Waals surface area contributed by atoms with Gasteiger partial charge >= 0.3 is 0 Å². The van der Waals surface area contributed by atoms with Gasteiger partial charge in [0.15, 0.2) is 0 Å². The fraction of sp³-hybridized carbons (Fsp3) is 0. The molecule has 6 heterocycles. The van der Waals surface area contributed by atoms with Crippen LogP contribution in [0.15, 0.2) is 201 Å². The maximum absolute atomic E-state index is 6.72. The van der Waals surface area contributed by atoms with Gasteiger partial charge in [-0.1, -0.05) is 72.8 Å². The Labute approximate surface area is 380 Å². The Morgan fingerprint density at radius 2 is 0.657 bits per heavy atom. The molecule has 0 unspecified atom stereocenters. The van der Waals surface area contributed by atoms with Gasteiger partial charge in [0.1, 0.15) is 23.0 Å². The first-order valence-corrected chi connectivity index (χ1v) is 21.9. The lowest BCUT2D eigenvalue weighted by molar-refractivity contribution is 0.484. The van der Waals surface area contributed by atoms with Gasteiger partial charge in [-0.05, 0) is 78.9 Å². The summed E-state index contributed by atoms with van der Waals surface area (Å²) in [4.78, 5) is 29.0. The van der Waals surface area contributed by atoms with Crippen molar-refractivity contribution in [1.82, 2.24) is 43.6 Å². The van der Waals surface area contributed by atoms with Crippen molar-refractivity contribution in [2.45, 2.75) is 0 Å². The molecule has 0 atom stereocenters. The van der Waals surface area contributed by atoms with E-state index >= 15 is 0 Å². The minimum atomic E-state index is 0.527. The number of benzene rings is 8. The molecule has 67 heavy (non-hydrogen) atoms. The Bertz CT molecular complexity index is 4050. The highest BCUT2D eigenvalue weighted by Crippen LogP contribution is 2.40. The number of aromatic nitrogens is 9.